The molecular weight excluding hydrogens is 276 g/mol. The fourth-order valence-corrected chi connectivity index (χ4v) is 2.50. The molecule has 0 saturated carbocycles. The largest absolute Gasteiger partial charge is 0.339 e. The fourth-order valence-electron chi connectivity index (χ4n) is 2.50. The molecule has 1 aliphatic rings. The van der Waals surface area contributed by atoms with E-state index in [-0.39, 0.29) is 30.3 Å². The molecule has 2 heterocycles. The molecule has 0 aliphatic carbocycles. The lowest BCUT2D eigenvalue weighted by Crippen LogP contribution is -2.50. The van der Waals surface area contributed by atoms with Crippen molar-refractivity contribution in [1.82, 2.24) is 14.7 Å². The van der Waals surface area contributed by atoms with Crippen LogP contribution in [0.3, 0.4) is 0 Å². The van der Waals surface area contributed by atoms with Gasteiger partial charge in [-0.05, 0) is 31.2 Å². The zero-order valence-electron chi connectivity index (χ0n) is 12.5. The van der Waals surface area contributed by atoms with E-state index in [4.69, 9.17) is 5.73 Å². The summed E-state index contributed by atoms with van der Waals surface area (Å²) in [4.78, 5) is 14.2. The van der Waals surface area contributed by atoms with Crippen molar-refractivity contribution in [2.45, 2.75) is 45.7 Å². The van der Waals surface area contributed by atoms with Gasteiger partial charge in [-0.3, -0.25) is 9.48 Å². The van der Waals surface area contributed by atoms with E-state index in [1.807, 2.05) is 42.7 Å². The first-order chi connectivity index (χ1) is 8.99. The Bertz CT molecular complexity index is 446. The first kappa shape index (κ1) is 17.0. The summed E-state index contributed by atoms with van der Waals surface area (Å²) in [6.07, 6.45) is 5.99. The van der Waals surface area contributed by atoms with E-state index in [9.17, 15) is 4.79 Å². The van der Waals surface area contributed by atoms with Gasteiger partial charge in [0.25, 0.3) is 0 Å². The Labute approximate surface area is 126 Å². The molecule has 2 N–H and O–H groups in total. The van der Waals surface area contributed by atoms with Gasteiger partial charge in [0.2, 0.25) is 5.91 Å². The highest BCUT2D eigenvalue weighted by atomic mass is 35.5. The van der Waals surface area contributed by atoms with E-state index in [0.29, 0.717) is 0 Å². The Balaban J connectivity index is 0.00000200. The first-order valence-corrected chi connectivity index (χ1v) is 7.04. The number of hydrogen-bond donors (Lipinski definition) is 1. The summed E-state index contributed by atoms with van der Waals surface area (Å²) in [6.45, 7) is 7.54. The molecule has 114 valence electrons. The molecule has 1 amide bonds. The number of amides is 1. The Kier molecular flexibility index (Phi) is 6.02. The number of nitrogens with two attached hydrogens (primary N) is 1. The molecule has 1 saturated heterocycles. The van der Waals surface area contributed by atoms with Gasteiger partial charge in [-0.25, -0.2) is 0 Å². The summed E-state index contributed by atoms with van der Waals surface area (Å²) in [6, 6.07) is -0.108. The maximum absolute atomic E-state index is 12.3. The molecule has 1 fully saturated rings. The zero-order chi connectivity index (χ0) is 14.0. The van der Waals surface area contributed by atoms with Crippen LogP contribution in [0.5, 0.6) is 0 Å². The van der Waals surface area contributed by atoms with E-state index in [1.54, 1.807) is 0 Å². The van der Waals surface area contributed by atoms with Gasteiger partial charge in [0, 0.05) is 19.3 Å². The lowest BCUT2D eigenvalue weighted by atomic mass is 10.0. The third-order valence-electron chi connectivity index (χ3n) is 3.82. The number of rotatable bonds is 3. The molecule has 1 aromatic rings. The van der Waals surface area contributed by atoms with Crippen LogP contribution < -0.4 is 5.73 Å². The summed E-state index contributed by atoms with van der Waals surface area (Å²) in [5.74, 6) is 0.253. The van der Waals surface area contributed by atoms with Crippen LogP contribution in [-0.2, 0) is 4.79 Å². The molecular formula is C14H25ClN4O. The summed E-state index contributed by atoms with van der Waals surface area (Å²) in [5, 5.41) is 4.36. The number of aromatic nitrogens is 2. The van der Waals surface area contributed by atoms with Crippen molar-refractivity contribution in [2.75, 3.05) is 13.1 Å². The number of hydrogen-bond acceptors (Lipinski definition) is 3. The van der Waals surface area contributed by atoms with Gasteiger partial charge in [0.1, 0.15) is 0 Å². The molecule has 1 unspecified atom stereocenters. The van der Waals surface area contributed by atoms with Gasteiger partial charge in [-0.1, -0.05) is 13.8 Å². The monoisotopic (exact) mass is 300 g/mol. The maximum atomic E-state index is 12.3. The average Bonchev–Trinajstić information content (AvgIpc) is 2.84. The summed E-state index contributed by atoms with van der Waals surface area (Å²) in [5.41, 5.74) is 7.12. The fraction of sp³-hybridized carbons (Fsp3) is 0.714. The van der Waals surface area contributed by atoms with Crippen molar-refractivity contribution in [3.8, 4) is 0 Å². The summed E-state index contributed by atoms with van der Waals surface area (Å²) < 4.78 is 1.98. The van der Waals surface area contributed by atoms with Crippen molar-refractivity contribution in [3.05, 3.63) is 18.0 Å². The minimum atomic E-state index is -0.391. The second-order valence-corrected chi connectivity index (χ2v) is 5.85. The van der Waals surface area contributed by atoms with Crippen molar-refractivity contribution in [3.63, 3.8) is 0 Å². The predicted molar refractivity (Wildman–Crippen MR) is 81.9 cm³/mol. The van der Waals surface area contributed by atoms with Crippen LogP contribution >= 0.6 is 12.4 Å². The number of likely N-dealkylation sites (tertiary alicyclic amines) is 1. The minimum Gasteiger partial charge on any atom is -0.339 e. The molecule has 1 aliphatic heterocycles. The lowest BCUT2D eigenvalue weighted by molar-refractivity contribution is -0.135. The van der Waals surface area contributed by atoms with Gasteiger partial charge in [0.15, 0.2) is 0 Å². The van der Waals surface area contributed by atoms with E-state index in [1.165, 1.54) is 0 Å². The van der Waals surface area contributed by atoms with Crippen LogP contribution in [0.25, 0.3) is 0 Å². The van der Waals surface area contributed by atoms with Gasteiger partial charge in [-0.15, -0.1) is 12.4 Å². The second kappa shape index (κ2) is 7.09. The maximum Gasteiger partial charge on any atom is 0.239 e. The molecule has 2 atom stereocenters. The second-order valence-electron chi connectivity index (χ2n) is 5.85. The van der Waals surface area contributed by atoms with Gasteiger partial charge in [-0.2, -0.15) is 5.10 Å². The topological polar surface area (TPSA) is 64.2 Å². The Morgan fingerprint density at radius 3 is 2.75 bits per heavy atom. The molecule has 0 bridgehead atoms. The van der Waals surface area contributed by atoms with Crippen molar-refractivity contribution in [2.24, 2.45) is 11.7 Å². The zero-order valence-corrected chi connectivity index (χ0v) is 13.3. The molecule has 5 nitrogen and oxygen atoms in total. The average molecular weight is 301 g/mol. The van der Waals surface area contributed by atoms with Gasteiger partial charge < -0.3 is 10.6 Å². The highest BCUT2D eigenvalue weighted by molar-refractivity contribution is 5.85. The number of aryl methyl sites for hydroxylation is 1. The molecule has 1 aromatic heterocycles. The summed E-state index contributed by atoms with van der Waals surface area (Å²) >= 11 is 0. The quantitative estimate of drug-likeness (QED) is 0.925. The molecule has 0 radical (unpaired) electrons. The van der Waals surface area contributed by atoms with Crippen LogP contribution in [0, 0.1) is 12.8 Å². The number of carbonyl (C=O) groups is 1. The molecule has 0 spiro atoms. The first-order valence-electron chi connectivity index (χ1n) is 7.04. The molecule has 6 heteroatoms. The van der Waals surface area contributed by atoms with Crippen molar-refractivity contribution >= 4 is 18.3 Å². The highest BCUT2D eigenvalue weighted by Gasteiger charge is 2.29. The van der Waals surface area contributed by atoms with Crippen molar-refractivity contribution < 1.29 is 4.79 Å². The number of halogens is 1. The van der Waals surface area contributed by atoms with E-state index in [2.05, 4.69) is 5.10 Å². The van der Waals surface area contributed by atoms with Gasteiger partial charge in [0.05, 0.1) is 18.3 Å². The van der Waals surface area contributed by atoms with E-state index >= 15 is 0 Å². The van der Waals surface area contributed by atoms with Crippen LogP contribution in [0.2, 0.25) is 0 Å². The number of carbonyl (C=O) groups excluding carboxylic acids is 1. The van der Waals surface area contributed by atoms with E-state index < -0.39 is 6.04 Å². The highest BCUT2D eigenvalue weighted by Crippen LogP contribution is 2.22. The summed E-state index contributed by atoms with van der Waals surface area (Å²) in [7, 11) is 0. The van der Waals surface area contributed by atoms with Crippen molar-refractivity contribution in [1.29, 1.82) is 0 Å². The normalized spacial score (nSPS) is 20.6. The van der Waals surface area contributed by atoms with Gasteiger partial charge >= 0.3 is 0 Å². The molecule has 2 rings (SSSR count). The SMILES string of the molecule is Cc1cnn(C2CCCN(C(=O)[C@@H](N)C(C)C)C2)c1.Cl. The smallest absolute Gasteiger partial charge is 0.239 e. The standard InChI is InChI=1S/C14H24N4O.ClH/c1-10(2)13(15)14(19)17-6-4-5-12(9-17)18-8-11(3)7-16-18;/h7-8,10,12-13H,4-6,9,15H2,1-3H3;1H/t12?,13-;/m0./s1. The van der Waals surface area contributed by atoms with E-state index in [0.717, 1.165) is 31.5 Å². The van der Waals surface area contributed by atoms with Crippen LogP contribution in [0.1, 0.15) is 38.3 Å². The molecule has 0 aromatic carbocycles. The number of nitrogens with zero attached hydrogens (tertiary/aromatic N) is 3. The van der Waals surface area contributed by atoms with Crippen LogP contribution in [0.15, 0.2) is 12.4 Å². The predicted octanol–water partition coefficient (Wildman–Crippen LogP) is 1.76. The third kappa shape index (κ3) is 3.73. The Morgan fingerprint density at radius 1 is 1.50 bits per heavy atom. The lowest BCUT2D eigenvalue weighted by Gasteiger charge is -2.35. The third-order valence-corrected chi connectivity index (χ3v) is 3.82. The van der Waals surface area contributed by atoms with Crippen LogP contribution in [0.4, 0.5) is 0 Å². The van der Waals surface area contributed by atoms with Crippen LogP contribution in [-0.4, -0.2) is 39.7 Å². The minimum absolute atomic E-state index is 0. The number of piperidine rings is 1. The Morgan fingerprint density at radius 2 is 2.20 bits per heavy atom. The Hall–Kier alpha value is -1.07. The molecule has 20 heavy (non-hydrogen) atoms.